The number of esters is 1. The fourth-order valence-electron chi connectivity index (χ4n) is 2.45. The molecule has 0 radical (unpaired) electrons. The maximum atomic E-state index is 12.2. The molecule has 2 aromatic rings. The highest BCUT2D eigenvalue weighted by molar-refractivity contribution is 7.89. The first-order valence-corrected chi connectivity index (χ1v) is 10.1. The number of ketones is 1. The fourth-order valence-corrected chi connectivity index (χ4v) is 3.48. The van der Waals surface area contributed by atoms with Crippen molar-refractivity contribution in [3.05, 3.63) is 65.2 Å². The maximum absolute atomic E-state index is 12.2. The molecule has 0 aliphatic carbocycles. The fraction of sp³-hybridized carbons (Fsp3) is 0.300. The van der Waals surface area contributed by atoms with E-state index in [0.29, 0.717) is 12.0 Å². The van der Waals surface area contributed by atoms with E-state index in [9.17, 15) is 18.0 Å². The zero-order chi connectivity index (χ0) is 19.9. The molecule has 6 nitrogen and oxygen atoms in total. The highest BCUT2D eigenvalue weighted by Gasteiger charge is 2.13. The molecular formula is C20H23NO5S. The van der Waals surface area contributed by atoms with E-state index in [4.69, 9.17) is 0 Å². The second-order valence-corrected chi connectivity index (χ2v) is 7.92. The molecule has 0 spiro atoms. The van der Waals surface area contributed by atoms with Crippen molar-refractivity contribution in [2.75, 3.05) is 13.7 Å². The Bertz CT molecular complexity index is 887. The third-order valence-corrected chi connectivity index (χ3v) is 5.57. The quantitative estimate of drug-likeness (QED) is 0.526. The van der Waals surface area contributed by atoms with Gasteiger partial charge in [-0.05, 0) is 31.0 Å². The highest BCUT2D eigenvalue weighted by atomic mass is 32.2. The summed E-state index contributed by atoms with van der Waals surface area (Å²) in [5.41, 5.74) is 2.42. The van der Waals surface area contributed by atoms with Crippen molar-refractivity contribution in [2.45, 2.75) is 31.1 Å². The Kier molecular flexibility index (Phi) is 7.27. The molecule has 0 amide bonds. The van der Waals surface area contributed by atoms with E-state index in [1.807, 2.05) is 6.92 Å². The molecule has 0 saturated carbocycles. The van der Waals surface area contributed by atoms with Crippen molar-refractivity contribution < 1.29 is 22.7 Å². The van der Waals surface area contributed by atoms with Gasteiger partial charge in [-0.2, -0.15) is 0 Å². The molecule has 27 heavy (non-hydrogen) atoms. The van der Waals surface area contributed by atoms with Crippen LogP contribution in [0.4, 0.5) is 0 Å². The van der Waals surface area contributed by atoms with Crippen LogP contribution < -0.4 is 4.72 Å². The van der Waals surface area contributed by atoms with Gasteiger partial charge in [-0.15, -0.1) is 0 Å². The van der Waals surface area contributed by atoms with Crippen LogP contribution in [0.25, 0.3) is 0 Å². The second-order valence-electron chi connectivity index (χ2n) is 6.16. The van der Waals surface area contributed by atoms with Gasteiger partial charge >= 0.3 is 5.97 Å². The lowest BCUT2D eigenvalue weighted by molar-refractivity contribution is -0.140. The van der Waals surface area contributed by atoms with Gasteiger partial charge in [-0.25, -0.2) is 13.1 Å². The smallest absolute Gasteiger partial charge is 0.305 e. The normalized spacial score (nSPS) is 11.2. The number of benzene rings is 2. The molecule has 0 aliphatic rings. The van der Waals surface area contributed by atoms with E-state index >= 15 is 0 Å². The SMILES string of the molecule is COC(=O)CCC(=O)c1ccc(CCNS(=O)(=O)c2ccc(C)cc2)cc1. The van der Waals surface area contributed by atoms with Crippen LogP contribution in [-0.4, -0.2) is 33.8 Å². The van der Waals surface area contributed by atoms with Gasteiger partial charge in [0.2, 0.25) is 10.0 Å². The molecule has 0 aromatic heterocycles. The number of methoxy groups -OCH3 is 1. The Morgan fingerprint density at radius 2 is 1.59 bits per heavy atom. The largest absolute Gasteiger partial charge is 0.469 e. The lowest BCUT2D eigenvalue weighted by Crippen LogP contribution is -2.26. The lowest BCUT2D eigenvalue weighted by Gasteiger charge is -2.08. The molecule has 7 heteroatoms. The number of ether oxygens (including phenoxy) is 1. The van der Waals surface area contributed by atoms with Gasteiger partial charge in [0.05, 0.1) is 18.4 Å². The number of Topliss-reactive ketones (excluding diaryl/α,β-unsaturated/α-hetero) is 1. The first kappa shape index (κ1) is 20.8. The van der Waals surface area contributed by atoms with E-state index in [2.05, 4.69) is 9.46 Å². The molecule has 144 valence electrons. The van der Waals surface area contributed by atoms with E-state index in [1.54, 1.807) is 48.5 Å². The highest BCUT2D eigenvalue weighted by Crippen LogP contribution is 2.11. The average Bonchev–Trinajstić information content (AvgIpc) is 2.66. The van der Waals surface area contributed by atoms with Gasteiger partial charge in [0.15, 0.2) is 5.78 Å². The molecule has 0 aliphatic heterocycles. The minimum Gasteiger partial charge on any atom is -0.469 e. The summed E-state index contributed by atoms with van der Waals surface area (Å²) in [5, 5.41) is 0. The number of aryl methyl sites for hydroxylation is 1. The molecule has 0 atom stereocenters. The van der Waals surface area contributed by atoms with Crippen LogP contribution in [-0.2, 0) is 26.0 Å². The third kappa shape index (κ3) is 6.30. The molecule has 0 unspecified atom stereocenters. The number of nitrogens with one attached hydrogen (secondary N) is 1. The number of sulfonamides is 1. The van der Waals surface area contributed by atoms with Crippen LogP contribution in [0.1, 0.15) is 34.3 Å². The van der Waals surface area contributed by atoms with Crippen molar-refractivity contribution in [1.29, 1.82) is 0 Å². The summed E-state index contributed by atoms with van der Waals surface area (Å²) < 4.78 is 31.6. The summed E-state index contributed by atoms with van der Waals surface area (Å²) in [6, 6.07) is 13.6. The summed E-state index contributed by atoms with van der Waals surface area (Å²) >= 11 is 0. The standard InChI is InChI=1S/C20H23NO5S/c1-15-3-9-18(10-4-15)27(24,25)21-14-13-16-5-7-17(8-6-16)19(22)11-12-20(23)26-2/h3-10,21H,11-14H2,1-2H3. The van der Waals surface area contributed by atoms with Gasteiger partial charge in [0.25, 0.3) is 0 Å². The summed E-state index contributed by atoms with van der Waals surface area (Å²) in [6.07, 6.45) is 0.655. The first-order valence-electron chi connectivity index (χ1n) is 8.57. The minimum absolute atomic E-state index is 0.0534. The molecule has 0 saturated heterocycles. The van der Waals surface area contributed by atoms with Crippen LogP contribution in [0.15, 0.2) is 53.4 Å². The summed E-state index contributed by atoms with van der Waals surface area (Å²) in [5.74, 6) is -0.548. The van der Waals surface area contributed by atoms with E-state index in [0.717, 1.165) is 11.1 Å². The Morgan fingerprint density at radius 3 is 2.19 bits per heavy atom. The zero-order valence-corrected chi connectivity index (χ0v) is 16.2. The molecule has 0 fully saturated rings. The number of carbonyl (C=O) groups is 2. The van der Waals surface area contributed by atoms with E-state index in [1.165, 1.54) is 7.11 Å². The van der Waals surface area contributed by atoms with Crippen LogP contribution in [0.2, 0.25) is 0 Å². The van der Waals surface area contributed by atoms with Gasteiger partial charge in [0, 0.05) is 18.5 Å². The molecule has 0 bridgehead atoms. The molecule has 2 aromatic carbocycles. The first-order chi connectivity index (χ1) is 12.8. The van der Waals surface area contributed by atoms with E-state index in [-0.39, 0.29) is 30.1 Å². The zero-order valence-electron chi connectivity index (χ0n) is 15.4. The number of hydrogen-bond donors (Lipinski definition) is 1. The Labute approximate surface area is 159 Å². The van der Waals surface area contributed by atoms with Crippen molar-refractivity contribution in [1.82, 2.24) is 4.72 Å². The minimum atomic E-state index is -3.53. The van der Waals surface area contributed by atoms with Crippen molar-refractivity contribution in [3.8, 4) is 0 Å². The van der Waals surface area contributed by atoms with Crippen LogP contribution >= 0.6 is 0 Å². The Balaban J connectivity index is 1.87. The predicted octanol–water partition coefficient (Wildman–Crippen LogP) is 2.65. The maximum Gasteiger partial charge on any atom is 0.305 e. The topological polar surface area (TPSA) is 89.5 Å². The van der Waals surface area contributed by atoms with Crippen LogP contribution in [0, 0.1) is 6.92 Å². The lowest BCUT2D eigenvalue weighted by atomic mass is 10.0. The molecular weight excluding hydrogens is 366 g/mol. The van der Waals surface area contributed by atoms with Crippen LogP contribution in [0.5, 0.6) is 0 Å². The van der Waals surface area contributed by atoms with Gasteiger partial charge < -0.3 is 4.74 Å². The van der Waals surface area contributed by atoms with Gasteiger partial charge in [-0.3, -0.25) is 9.59 Å². The second kappa shape index (κ2) is 9.43. The molecule has 2 rings (SSSR count). The monoisotopic (exact) mass is 389 g/mol. The number of carbonyl (C=O) groups excluding carboxylic acids is 2. The van der Waals surface area contributed by atoms with Crippen molar-refractivity contribution in [3.63, 3.8) is 0 Å². The number of rotatable bonds is 9. The van der Waals surface area contributed by atoms with Crippen molar-refractivity contribution in [2.24, 2.45) is 0 Å². The predicted molar refractivity (Wildman–Crippen MR) is 102 cm³/mol. The molecule has 0 heterocycles. The van der Waals surface area contributed by atoms with Gasteiger partial charge in [-0.1, -0.05) is 42.0 Å². The van der Waals surface area contributed by atoms with Crippen molar-refractivity contribution >= 4 is 21.8 Å². The molecule has 1 N–H and O–H groups in total. The average molecular weight is 389 g/mol. The summed E-state index contributed by atoms with van der Waals surface area (Å²) in [4.78, 5) is 23.3. The number of hydrogen-bond acceptors (Lipinski definition) is 5. The van der Waals surface area contributed by atoms with Crippen LogP contribution in [0.3, 0.4) is 0 Å². The van der Waals surface area contributed by atoms with Gasteiger partial charge in [0.1, 0.15) is 0 Å². The third-order valence-electron chi connectivity index (χ3n) is 4.10. The summed E-state index contributed by atoms with van der Waals surface area (Å²) in [6.45, 7) is 2.15. The Morgan fingerprint density at radius 1 is 0.963 bits per heavy atom. The van der Waals surface area contributed by atoms with E-state index < -0.39 is 16.0 Å². The Hall–Kier alpha value is -2.51. The summed E-state index contributed by atoms with van der Waals surface area (Å²) in [7, 11) is -2.25.